The fourth-order valence-corrected chi connectivity index (χ4v) is 4.42. The molecule has 3 heterocycles. The molecule has 2 amide bonds. The molecule has 1 fully saturated rings. The SMILES string of the molecule is COc1cccc(N2C[C@H](C(=O)N(CCc3cccs3)Cc3ccco3)CC2=O)c1. The van der Waals surface area contributed by atoms with Gasteiger partial charge in [0.15, 0.2) is 0 Å². The van der Waals surface area contributed by atoms with Crippen LogP contribution in [-0.2, 0) is 22.6 Å². The number of amides is 2. The molecular formula is C23H24N2O4S. The highest BCUT2D eigenvalue weighted by molar-refractivity contribution is 7.09. The molecule has 0 saturated carbocycles. The molecule has 1 aliphatic rings. The number of ether oxygens (including phenoxy) is 1. The quantitative estimate of drug-likeness (QED) is 0.549. The average molecular weight is 425 g/mol. The molecule has 1 aromatic carbocycles. The molecule has 0 spiro atoms. The van der Waals surface area contributed by atoms with Crippen molar-refractivity contribution < 1.29 is 18.7 Å². The lowest BCUT2D eigenvalue weighted by atomic mass is 10.1. The maximum Gasteiger partial charge on any atom is 0.228 e. The molecule has 7 heteroatoms. The van der Waals surface area contributed by atoms with Gasteiger partial charge in [0.25, 0.3) is 0 Å². The zero-order valence-electron chi connectivity index (χ0n) is 16.8. The van der Waals surface area contributed by atoms with Crippen molar-refractivity contribution in [1.29, 1.82) is 0 Å². The number of carbonyl (C=O) groups excluding carboxylic acids is 2. The number of anilines is 1. The number of nitrogens with zero attached hydrogens (tertiary/aromatic N) is 2. The monoisotopic (exact) mass is 424 g/mol. The van der Waals surface area contributed by atoms with Gasteiger partial charge < -0.3 is 19.0 Å². The number of benzene rings is 1. The number of hydrogen-bond acceptors (Lipinski definition) is 5. The maximum atomic E-state index is 13.4. The molecule has 2 aromatic heterocycles. The third-order valence-electron chi connectivity index (χ3n) is 5.29. The summed E-state index contributed by atoms with van der Waals surface area (Å²) in [4.78, 5) is 30.7. The second-order valence-electron chi connectivity index (χ2n) is 7.28. The summed E-state index contributed by atoms with van der Waals surface area (Å²) in [7, 11) is 1.59. The van der Waals surface area contributed by atoms with Gasteiger partial charge in [0.05, 0.1) is 25.8 Å². The smallest absolute Gasteiger partial charge is 0.228 e. The van der Waals surface area contributed by atoms with Gasteiger partial charge >= 0.3 is 0 Å². The molecule has 0 bridgehead atoms. The predicted molar refractivity (Wildman–Crippen MR) is 116 cm³/mol. The Morgan fingerprint density at radius 3 is 2.90 bits per heavy atom. The number of hydrogen-bond donors (Lipinski definition) is 0. The van der Waals surface area contributed by atoms with E-state index in [2.05, 4.69) is 6.07 Å². The first-order chi connectivity index (χ1) is 14.6. The number of rotatable bonds is 8. The molecule has 1 atom stereocenters. The van der Waals surface area contributed by atoms with Crippen molar-refractivity contribution in [2.24, 2.45) is 5.92 Å². The van der Waals surface area contributed by atoms with E-state index in [0.717, 1.165) is 17.9 Å². The lowest BCUT2D eigenvalue weighted by Gasteiger charge is -2.25. The van der Waals surface area contributed by atoms with E-state index >= 15 is 0 Å². The van der Waals surface area contributed by atoms with Gasteiger partial charge in [0.1, 0.15) is 11.5 Å². The van der Waals surface area contributed by atoms with Crippen LogP contribution < -0.4 is 9.64 Å². The molecule has 1 aliphatic heterocycles. The fourth-order valence-electron chi connectivity index (χ4n) is 3.72. The molecule has 0 N–H and O–H groups in total. The van der Waals surface area contributed by atoms with Crippen LogP contribution in [-0.4, -0.2) is 36.9 Å². The van der Waals surface area contributed by atoms with Crippen LogP contribution in [0.15, 0.2) is 64.6 Å². The Labute approximate surface area is 179 Å². The molecular weight excluding hydrogens is 400 g/mol. The summed E-state index contributed by atoms with van der Waals surface area (Å²) < 4.78 is 10.7. The van der Waals surface area contributed by atoms with E-state index < -0.39 is 0 Å². The normalized spacial score (nSPS) is 16.1. The highest BCUT2D eigenvalue weighted by Gasteiger charge is 2.37. The van der Waals surface area contributed by atoms with Gasteiger partial charge in [0.2, 0.25) is 11.8 Å². The second kappa shape index (κ2) is 9.17. The van der Waals surface area contributed by atoms with Gasteiger partial charge in [-0.1, -0.05) is 12.1 Å². The Hall–Kier alpha value is -3.06. The van der Waals surface area contributed by atoms with E-state index in [1.165, 1.54) is 4.88 Å². The van der Waals surface area contributed by atoms with Crippen molar-refractivity contribution in [3.63, 3.8) is 0 Å². The summed E-state index contributed by atoms with van der Waals surface area (Å²) >= 11 is 1.68. The largest absolute Gasteiger partial charge is 0.497 e. The maximum absolute atomic E-state index is 13.4. The highest BCUT2D eigenvalue weighted by Crippen LogP contribution is 2.29. The predicted octanol–water partition coefficient (Wildman–Crippen LogP) is 3.97. The number of furan rings is 1. The number of methoxy groups -OCH3 is 1. The van der Waals surface area contributed by atoms with Crippen LogP contribution in [0.4, 0.5) is 5.69 Å². The van der Waals surface area contributed by atoms with Gasteiger partial charge in [-0.2, -0.15) is 0 Å². The summed E-state index contributed by atoms with van der Waals surface area (Å²) in [5, 5.41) is 2.04. The van der Waals surface area contributed by atoms with Crippen LogP contribution in [0.1, 0.15) is 17.1 Å². The van der Waals surface area contributed by atoms with Crippen LogP contribution in [0.3, 0.4) is 0 Å². The van der Waals surface area contributed by atoms with Crippen molar-refractivity contribution in [2.75, 3.05) is 25.1 Å². The minimum Gasteiger partial charge on any atom is -0.497 e. The Morgan fingerprint density at radius 2 is 2.17 bits per heavy atom. The minimum absolute atomic E-state index is 0.0123. The van der Waals surface area contributed by atoms with Gasteiger partial charge in [0, 0.05) is 36.1 Å². The lowest BCUT2D eigenvalue weighted by molar-refractivity contribution is -0.136. The summed E-state index contributed by atoms with van der Waals surface area (Å²) in [6, 6.07) is 15.1. The Balaban J connectivity index is 1.48. The van der Waals surface area contributed by atoms with E-state index in [9.17, 15) is 9.59 Å². The fraction of sp³-hybridized carbons (Fsp3) is 0.304. The number of carbonyl (C=O) groups is 2. The highest BCUT2D eigenvalue weighted by atomic mass is 32.1. The third-order valence-corrected chi connectivity index (χ3v) is 6.22. The standard InChI is InChI=1S/C23H24N2O4S/c1-28-19-6-2-5-18(14-19)25-15-17(13-22(25)26)23(27)24(16-20-7-3-11-29-20)10-9-21-8-4-12-30-21/h2-8,11-12,14,17H,9-10,13,15-16H2,1H3/t17-/m1/s1. The Kier molecular flexibility index (Phi) is 6.18. The zero-order chi connectivity index (χ0) is 20.9. The topological polar surface area (TPSA) is 63.0 Å². The van der Waals surface area contributed by atoms with Crippen LogP contribution in [0.2, 0.25) is 0 Å². The van der Waals surface area contributed by atoms with Crippen molar-refractivity contribution in [1.82, 2.24) is 4.90 Å². The third kappa shape index (κ3) is 4.57. The van der Waals surface area contributed by atoms with Crippen molar-refractivity contribution in [3.05, 3.63) is 70.8 Å². The van der Waals surface area contributed by atoms with Crippen molar-refractivity contribution in [2.45, 2.75) is 19.4 Å². The summed E-state index contributed by atoms with van der Waals surface area (Å²) in [6.07, 6.45) is 2.61. The summed E-state index contributed by atoms with van der Waals surface area (Å²) in [5.74, 6) is 0.996. The van der Waals surface area contributed by atoms with Crippen LogP contribution in [0, 0.1) is 5.92 Å². The van der Waals surface area contributed by atoms with E-state index in [1.54, 1.807) is 29.6 Å². The van der Waals surface area contributed by atoms with Crippen LogP contribution >= 0.6 is 11.3 Å². The van der Waals surface area contributed by atoms with Gasteiger partial charge in [-0.05, 0) is 42.1 Å². The molecule has 0 radical (unpaired) electrons. The molecule has 0 unspecified atom stereocenters. The van der Waals surface area contributed by atoms with Crippen molar-refractivity contribution in [3.8, 4) is 5.75 Å². The second-order valence-corrected chi connectivity index (χ2v) is 8.31. The Bertz CT molecular complexity index is 985. The van der Waals surface area contributed by atoms with Gasteiger partial charge in [-0.25, -0.2) is 0 Å². The van der Waals surface area contributed by atoms with E-state index in [0.29, 0.717) is 25.4 Å². The first-order valence-corrected chi connectivity index (χ1v) is 10.8. The molecule has 1 saturated heterocycles. The number of thiophene rings is 1. The molecule has 156 valence electrons. The Morgan fingerprint density at radius 1 is 1.27 bits per heavy atom. The van der Waals surface area contributed by atoms with Crippen LogP contribution in [0.25, 0.3) is 0 Å². The molecule has 3 aromatic rings. The first kappa shape index (κ1) is 20.2. The van der Waals surface area contributed by atoms with Gasteiger partial charge in [-0.15, -0.1) is 11.3 Å². The molecule has 6 nitrogen and oxygen atoms in total. The van der Waals surface area contributed by atoms with E-state index in [1.807, 2.05) is 52.7 Å². The van der Waals surface area contributed by atoms with E-state index in [4.69, 9.17) is 9.15 Å². The van der Waals surface area contributed by atoms with E-state index in [-0.39, 0.29) is 24.2 Å². The first-order valence-electron chi connectivity index (χ1n) is 9.92. The lowest BCUT2D eigenvalue weighted by Crippen LogP contribution is -2.38. The summed E-state index contributed by atoms with van der Waals surface area (Å²) in [6.45, 7) is 1.36. The van der Waals surface area contributed by atoms with Crippen molar-refractivity contribution >= 4 is 28.8 Å². The zero-order valence-corrected chi connectivity index (χ0v) is 17.6. The summed E-state index contributed by atoms with van der Waals surface area (Å²) in [5.41, 5.74) is 0.755. The average Bonchev–Trinajstić information content (AvgIpc) is 3.53. The molecule has 4 rings (SSSR count). The molecule has 0 aliphatic carbocycles. The minimum atomic E-state index is -0.373. The van der Waals surface area contributed by atoms with Gasteiger partial charge in [-0.3, -0.25) is 9.59 Å². The molecule has 30 heavy (non-hydrogen) atoms. The van der Waals surface area contributed by atoms with Crippen LogP contribution in [0.5, 0.6) is 5.75 Å².